The Balaban J connectivity index is 2.39. The SMILES string of the molecule is Cc1cc(C(NN)c2ccc(Cl)cc2)c(C)o1. The Bertz CT molecular complexity index is 505. The molecule has 0 saturated heterocycles. The van der Waals surface area contributed by atoms with Gasteiger partial charge >= 0.3 is 0 Å². The summed E-state index contributed by atoms with van der Waals surface area (Å²) in [5, 5.41) is 0.713. The molecule has 1 atom stereocenters. The van der Waals surface area contributed by atoms with Gasteiger partial charge in [0.05, 0.1) is 6.04 Å². The van der Waals surface area contributed by atoms with Gasteiger partial charge in [0, 0.05) is 10.6 Å². The number of hydrogen-bond acceptors (Lipinski definition) is 3. The number of hydrogen-bond donors (Lipinski definition) is 2. The minimum Gasteiger partial charge on any atom is -0.466 e. The number of nitrogens with one attached hydrogen (secondary N) is 1. The molecule has 0 aliphatic heterocycles. The molecular weight excluding hydrogens is 236 g/mol. The molecule has 0 amide bonds. The van der Waals surface area contributed by atoms with Crippen LogP contribution >= 0.6 is 11.6 Å². The second-order valence-corrected chi connectivity index (χ2v) is 4.46. The molecular formula is C13H15ClN2O. The van der Waals surface area contributed by atoms with E-state index in [2.05, 4.69) is 5.43 Å². The summed E-state index contributed by atoms with van der Waals surface area (Å²) < 4.78 is 5.52. The lowest BCUT2D eigenvalue weighted by Gasteiger charge is -2.15. The molecule has 3 N–H and O–H groups in total. The zero-order valence-electron chi connectivity index (χ0n) is 9.83. The minimum absolute atomic E-state index is 0.0790. The van der Waals surface area contributed by atoms with E-state index < -0.39 is 0 Å². The van der Waals surface area contributed by atoms with Crippen LogP contribution in [0.1, 0.15) is 28.7 Å². The molecule has 1 unspecified atom stereocenters. The lowest BCUT2D eigenvalue weighted by atomic mass is 10.00. The molecule has 4 heteroatoms. The van der Waals surface area contributed by atoms with Crippen molar-refractivity contribution in [2.45, 2.75) is 19.9 Å². The molecule has 0 radical (unpaired) electrons. The first kappa shape index (κ1) is 12.2. The zero-order valence-corrected chi connectivity index (χ0v) is 10.6. The van der Waals surface area contributed by atoms with Crippen molar-refractivity contribution in [1.29, 1.82) is 0 Å². The lowest BCUT2D eigenvalue weighted by Crippen LogP contribution is -2.28. The fourth-order valence-corrected chi connectivity index (χ4v) is 2.08. The molecule has 1 aromatic heterocycles. The van der Waals surface area contributed by atoms with Gasteiger partial charge in [-0.1, -0.05) is 23.7 Å². The third-order valence-corrected chi connectivity index (χ3v) is 3.01. The molecule has 0 spiro atoms. The van der Waals surface area contributed by atoms with Crippen LogP contribution in [0.25, 0.3) is 0 Å². The monoisotopic (exact) mass is 250 g/mol. The van der Waals surface area contributed by atoms with Gasteiger partial charge < -0.3 is 4.42 Å². The largest absolute Gasteiger partial charge is 0.466 e. The molecule has 2 rings (SSSR count). The van der Waals surface area contributed by atoms with Gasteiger partial charge in [0.15, 0.2) is 0 Å². The van der Waals surface area contributed by atoms with E-state index in [0.29, 0.717) is 5.02 Å². The van der Waals surface area contributed by atoms with Crippen LogP contribution < -0.4 is 11.3 Å². The Morgan fingerprint density at radius 1 is 1.24 bits per heavy atom. The highest BCUT2D eigenvalue weighted by atomic mass is 35.5. The number of benzene rings is 1. The molecule has 2 aromatic rings. The molecule has 0 fully saturated rings. The van der Waals surface area contributed by atoms with Crippen molar-refractivity contribution in [3.05, 3.63) is 58.0 Å². The van der Waals surface area contributed by atoms with Crippen molar-refractivity contribution in [1.82, 2.24) is 5.43 Å². The molecule has 17 heavy (non-hydrogen) atoms. The maximum absolute atomic E-state index is 5.87. The summed E-state index contributed by atoms with van der Waals surface area (Å²) in [6.07, 6.45) is 0. The summed E-state index contributed by atoms with van der Waals surface area (Å²) in [5.74, 6) is 7.38. The average Bonchev–Trinajstić information content (AvgIpc) is 2.62. The number of rotatable bonds is 3. The third kappa shape index (κ3) is 2.52. The van der Waals surface area contributed by atoms with Gasteiger partial charge in [0.1, 0.15) is 11.5 Å². The van der Waals surface area contributed by atoms with Crippen molar-refractivity contribution < 1.29 is 4.42 Å². The molecule has 1 aromatic carbocycles. The van der Waals surface area contributed by atoms with Gasteiger partial charge in [-0.05, 0) is 37.6 Å². The second kappa shape index (κ2) is 4.92. The molecule has 0 aliphatic carbocycles. The van der Waals surface area contributed by atoms with Crippen LogP contribution in [-0.2, 0) is 0 Å². The number of hydrazine groups is 1. The second-order valence-electron chi connectivity index (χ2n) is 4.02. The van der Waals surface area contributed by atoms with Crippen molar-refractivity contribution in [2.24, 2.45) is 5.84 Å². The number of halogens is 1. The van der Waals surface area contributed by atoms with E-state index >= 15 is 0 Å². The minimum atomic E-state index is -0.0790. The molecule has 3 nitrogen and oxygen atoms in total. The van der Waals surface area contributed by atoms with Gasteiger partial charge in [-0.2, -0.15) is 0 Å². The van der Waals surface area contributed by atoms with E-state index in [1.807, 2.05) is 44.2 Å². The molecule has 1 heterocycles. The maximum atomic E-state index is 5.87. The Morgan fingerprint density at radius 3 is 2.35 bits per heavy atom. The van der Waals surface area contributed by atoms with E-state index in [4.69, 9.17) is 21.9 Å². The first-order chi connectivity index (χ1) is 8.11. The van der Waals surface area contributed by atoms with Crippen molar-refractivity contribution in [2.75, 3.05) is 0 Å². The van der Waals surface area contributed by atoms with Crippen molar-refractivity contribution >= 4 is 11.6 Å². The highest BCUT2D eigenvalue weighted by molar-refractivity contribution is 6.30. The Labute approximate surface area is 106 Å². The van der Waals surface area contributed by atoms with Crippen molar-refractivity contribution in [3.8, 4) is 0 Å². The fraction of sp³-hybridized carbons (Fsp3) is 0.231. The quantitative estimate of drug-likeness (QED) is 0.650. The summed E-state index contributed by atoms with van der Waals surface area (Å²) in [6, 6.07) is 9.52. The van der Waals surface area contributed by atoms with Gasteiger partial charge in [-0.3, -0.25) is 5.84 Å². The molecule has 0 saturated carbocycles. The van der Waals surface area contributed by atoms with Crippen LogP contribution in [-0.4, -0.2) is 0 Å². The fourth-order valence-electron chi connectivity index (χ4n) is 1.96. The van der Waals surface area contributed by atoms with Gasteiger partial charge in [-0.25, -0.2) is 5.43 Å². The standard InChI is InChI=1S/C13H15ClN2O/c1-8-7-12(9(2)17-8)13(16-15)10-3-5-11(14)6-4-10/h3-7,13,16H,15H2,1-2H3. The highest BCUT2D eigenvalue weighted by Gasteiger charge is 2.17. The first-order valence-corrected chi connectivity index (χ1v) is 5.78. The van der Waals surface area contributed by atoms with E-state index in [9.17, 15) is 0 Å². The summed E-state index contributed by atoms with van der Waals surface area (Å²) in [7, 11) is 0. The third-order valence-electron chi connectivity index (χ3n) is 2.76. The first-order valence-electron chi connectivity index (χ1n) is 5.40. The van der Waals surface area contributed by atoms with Crippen LogP contribution in [0, 0.1) is 13.8 Å². The van der Waals surface area contributed by atoms with Crippen LogP contribution in [0.4, 0.5) is 0 Å². The normalized spacial score (nSPS) is 12.7. The summed E-state index contributed by atoms with van der Waals surface area (Å²) in [5.41, 5.74) is 4.91. The van der Waals surface area contributed by atoms with Gasteiger partial charge in [0.2, 0.25) is 0 Å². The van der Waals surface area contributed by atoms with Crippen LogP contribution in [0.15, 0.2) is 34.7 Å². The topological polar surface area (TPSA) is 51.2 Å². The summed E-state index contributed by atoms with van der Waals surface area (Å²) in [6.45, 7) is 3.86. The molecule has 0 bridgehead atoms. The predicted molar refractivity (Wildman–Crippen MR) is 68.8 cm³/mol. The van der Waals surface area contributed by atoms with Gasteiger partial charge in [-0.15, -0.1) is 0 Å². The average molecular weight is 251 g/mol. The number of aryl methyl sites for hydroxylation is 2. The Kier molecular flexibility index (Phi) is 3.52. The Hall–Kier alpha value is -1.29. The zero-order chi connectivity index (χ0) is 12.4. The van der Waals surface area contributed by atoms with E-state index in [0.717, 1.165) is 22.6 Å². The number of furan rings is 1. The maximum Gasteiger partial charge on any atom is 0.106 e. The van der Waals surface area contributed by atoms with E-state index in [1.54, 1.807) is 0 Å². The molecule has 0 aliphatic rings. The van der Waals surface area contributed by atoms with E-state index in [1.165, 1.54) is 0 Å². The number of nitrogens with two attached hydrogens (primary N) is 1. The van der Waals surface area contributed by atoms with E-state index in [-0.39, 0.29) is 6.04 Å². The van der Waals surface area contributed by atoms with Crippen LogP contribution in [0.3, 0.4) is 0 Å². The predicted octanol–water partition coefficient (Wildman–Crippen LogP) is 3.10. The smallest absolute Gasteiger partial charge is 0.106 e. The van der Waals surface area contributed by atoms with Crippen molar-refractivity contribution in [3.63, 3.8) is 0 Å². The summed E-state index contributed by atoms with van der Waals surface area (Å²) >= 11 is 5.87. The van der Waals surface area contributed by atoms with Gasteiger partial charge in [0.25, 0.3) is 0 Å². The Morgan fingerprint density at radius 2 is 1.88 bits per heavy atom. The highest BCUT2D eigenvalue weighted by Crippen LogP contribution is 2.27. The molecule has 90 valence electrons. The lowest BCUT2D eigenvalue weighted by molar-refractivity contribution is 0.495. The van der Waals surface area contributed by atoms with Crippen LogP contribution in [0.2, 0.25) is 5.02 Å². The van der Waals surface area contributed by atoms with Crippen LogP contribution in [0.5, 0.6) is 0 Å². The summed E-state index contributed by atoms with van der Waals surface area (Å²) in [4.78, 5) is 0.